The Morgan fingerprint density at radius 2 is 1.25 bits per heavy atom. The molecule has 0 spiro atoms. The number of hydrogen-bond acceptors (Lipinski definition) is 4. The minimum atomic E-state index is -0.460. The van der Waals surface area contributed by atoms with Crippen molar-refractivity contribution in [1.29, 1.82) is 0 Å². The van der Waals surface area contributed by atoms with Crippen molar-refractivity contribution in [2.24, 2.45) is 9.98 Å². The number of benzene rings is 7. The molecule has 3 heterocycles. The van der Waals surface area contributed by atoms with E-state index in [-0.39, 0.29) is 5.41 Å². The molecular weight excluding hydrogens is 649 g/mol. The first-order valence-corrected chi connectivity index (χ1v) is 18.2. The molecule has 5 heteroatoms. The average Bonchev–Trinajstić information content (AvgIpc) is 3.82. The Labute approximate surface area is 306 Å². The van der Waals surface area contributed by atoms with Crippen molar-refractivity contribution in [2.75, 3.05) is 0 Å². The van der Waals surface area contributed by atoms with Crippen molar-refractivity contribution in [1.82, 2.24) is 9.88 Å². The minimum Gasteiger partial charge on any atom is -0.456 e. The molecule has 9 aromatic rings. The molecule has 0 amide bonds. The van der Waals surface area contributed by atoms with Gasteiger partial charge in [0.2, 0.25) is 0 Å². The molecule has 0 saturated carbocycles. The van der Waals surface area contributed by atoms with Gasteiger partial charge in [-0.15, -0.1) is 0 Å². The molecule has 5 nitrogen and oxygen atoms in total. The summed E-state index contributed by atoms with van der Waals surface area (Å²) in [5.74, 6) is 1.58. The SMILES string of the molecule is CC1(C)c2ccccc2-c2cc3c4ccccc4n(-c4ccc5c(c4)oc4cccc(C6N=C(c7ccccc7)NC(c7ccccc7)=N6)c45)c3cc21. The maximum atomic E-state index is 6.69. The second-order valence-electron chi connectivity index (χ2n) is 14.6. The maximum absolute atomic E-state index is 6.69. The van der Waals surface area contributed by atoms with E-state index < -0.39 is 6.17 Å². The number of aliphatic imine (C=N–C) groups is 2. The summed E-state index contributed by atoms with van der Waals surface area (Å²) in [5.41, 5.74) is 13.4. The summed E-state index contributed by atoms with van der Waals surface area (Å²) in [6.45, 7) is 4.69. The molecule has 1 N–H and O–H groups in total. The van der Waals surface area contributed by atoms with Crippen molar-refractivity contribution >= 4 is 55.4 Å². The van der Waals surface area contributed by atoms with Gasteiger partial charge in [-0.1, -0.05) is 129 Å². The quantitative estimate of drug-likeness (QED) is 0.201. The van der Waals surface area contributed by atoms with Crippen LogP contribution in [0.2, 0.25) is 0 Å². The fourth-order valence-electron chi connectivity index (χ4n) is 8.71. The van der Waals surface area contributed by atoms with E-state index in [4.69, 9.17) is 14.4 Å². The molecular formula is C48H34N4O. The second kappa shape index (κ2) is 11.1. The third-order valence-corrected chi connectivity index (χ3v) is 11.3. The Morgan fingerprint density at radius 1 is 0.547 bits per heavy atom. The zero-order valence-corrected chi connectivity index (χ0v) is 29.3. The third kappa shape index (κ3) is 4.44. The van der Waals surface area contributed by atoms with Gasteiger partial charge in [-0.05, 0) is 58.7 Å². The minimum absolute atomic E-state index is 0.0964. The largest absolute Gasteiger partial charge is 0.456 e. The lowest BCUT2D eigenvalue weighted by molar-refractivity contribution is 0.661. The molecule has 1 aliphatic carbocycles. The highest BCUT2D eigenvalue weighted by Crippen LogP contribution is 2.51. The molecule has 1 aliphatic heterocycles. The van der Waals surface area contributed by atoms with Gasteiger partial charge in [-0.25, -0.2) is 9.98 Å². The smallest absolute Gasteiger partial charge is 0.170 e. The number of hydrogen-bond donors (Lipinski definition) is 1. The Balaban J connectivity index is 1.09. The topological polar surface area (TPSA) is 54.8 Å². The zero-order valence-electron chi connectivity index (χ0n) is 29.3. The van der Waals surface area contributed by atoms with Crippen molar-refractivity contribution in [2.45, 2.75) is 25.4 Å². The van der Waals surface area contributed by atoms with Crippen LogP contribution >= 0.6 is 0 Å². The van der Waals surface area contributed by atoms with Gasteiger partial charge in [0, 0.05) is 55.4 Å². The Morgan fingerprint density at radius 3 is 2.02 bits per heavy atom. The zero-order chi connectivity index (χ0) is 35.3. The lowest BCUT2D eigenvalue weighted by Crippen LogP contribution is -2.36. The van der Waals surface area contributed by atoms with Crippen LogP contribution in [0.5, 0.6) is 0 Å². The first kappa shape index (κ1) is 30.0. The fourth-order valence-corrected chi connectivity index (χ4v) is 8.71. The van der Waals surface area contributed by atoms with Crippen LogP contribution in [-0.2, 0) is 5.41 Å². The predicted molar refractivity (Wildman–Crippen MR) is 217 cm³/mol. The van der Waals surface area contributed by atoms with Crippen LogP contribution in [0.15, 0.2) is 172 Å². The average molecular weight is 683 g/mol. The van der Waals surface area contributed by atoms with Crippen LogP contribution in [0.25, 0.3) is 60.6 Å². The molecule has 0 unspecified atom stereocenters. The van der Waals surface area contributed by atoms with Crippen LogP contribution in [0.4, 0.5) is 0 Å². The van der Waals surface area contributed by atoms with Crippen molar-refractivity contribution in [3.63, 3.8) is 0 Å². The van der Waals surface area contributed by atoms with E-state index in [1.54, 1.807) is 0 Å². The highest BCUT2D eigenvalue weighted by atomic mass is 16.3. The van der Waals surface area contributed by atoms with Gasteiger partial charge in [0.1, 0.15) is 22.8 Å². The van der Waals surface area contributed by atoms with Gasteiger partial charge in [0.15, 0.2) is 6.17 Å². The molecule has 0 bridgehead atoms. The second-order valence-corrected chi connectivity index (χ2v) is 14.6. The van der Waals surface area contributed by atoms with E-state index in [2.05, 4.69) is 133 Å². The number of furan rings is 1. The highest BCUT2D eigenvalue weighted by molar-refractivity contribution is 6.17. The van der Waals surface area contributed by atoms with E-state index in [0.717, 1.165) is 56.0 Å². The maximum Gasteiger partial charge on any atom is 0.170 e. The molecule has 0 fully saturated rings. The Hall–Kier alpha value is -6.72. The number of para-hydroxylation sites is 1. The van der Waals surface area contributed by atoms with Crippen LogP contribution in [0, 0.1) is 0 Å². The predicted octanol–water partition coefficient (Wildman–Crippen LogP) is 11.5. The highest BCUT2D eigenvalue weighted by Gasteiger charge is 2.36. The van der Waals surface area contributed by atoms with E-state index in [9.17, 15) is 0 Å². The Kier molecular flexibility index (Phi) is 6.30. The number of aromatic nitrogens is 1. The standard InChI is InChI=1S/C48H34N4O/c1-48(2)38-21-11-9-18-32(38)36-27-37-33-19-10-12-22-40(33)52(41(37)28-39(36)48)31-24-25-34-43(26-31)53-42-23-13-20-35(44(34)42)47-50-45(29-14-5-3-6-15-29)49-46(51-47)30-16-7-4-8-17-30/h3-28,47H,1-2H3,(H,49,50,51). The number of amidine groups is 2. The van der Waals surface area contributed by atoms with Crippen molar-refractivity contribution in [3.8, 4) is 16.8 Å². The summed E-state index contributed by atoms with van der Waals surface area (Å²) in [4.78, 5) is 10.4. The van der Waals surface area contributed by atoms with Gasteiger partial charge >= 0.3 is 0 Å². The van der Waals surface area contributed by atoms with Gasteiger partial charge in [-0.2, -0.15) is 0 Å². The lowest BCUT2D eigenvalue weighted by atomic mass is 9.82. The van der Waals surface area contributed by atoms with E-state index in [1.165, 1.54) is 44.1 Å². The summed E-state index contributed by atoms with van der Waals surface area (Å²) >= 11 is 0. The molecule has 0 atom stereocenters. The monoisotopic (exact) mass is 682 g/mol. The molecule has 2 aliphatic rings. The summed E-state index contributed by atoms with van der Waals surface area (Å²) in [5, 5.41) is 8.09. The van der Waals surface area contributed by atoms with Crippen LogP contribution < -0.4 is 5.32 Å². The van der Waals surface area contributed by atoms with Gasteiger partial charge in [-0.3, -0.25) is 0 Å². The summed E-state index contributed by atoms with van der Waals surface area (Å²) < 4.78 is 9.09. The summed E-state index contributed by atoms with van der Waals surface area (Å²) in [6.07, 6.45) is -0.460. The molecule has 2 aromatic heterocycles. The molecule has 0 saturated heterocycles. The van der Waals surface area contributed by atoms with Gasteiger partial charge < -0.3 is 14.3 Å². The van der Waals surface area contributed by atoms with E-state index in [0.29, 0.717) is 0 Å². The molecule has 53 heavy (non-hydrogen) atoms. The van der Waals surface area contributed by atoms with Crippen molar-refractivity contribution < 1.29 is 4.42 Å². The van der Waals surface area contributed by atoms with Crippen molar-refractivity contribution in [3.05, 3.63) is 186 Å². The summed E-state index contributed by atoms with van der Waals surface area (Å²) in [7, 11) is 0. The molecule has 11 rings (SSSR count). The van der Waals surface area contributed by atoms with E-state index >= 15 is 0 Å². The summed E-state index contributed by atoms with van der Waals surface area (Å²) in [6, 6.07) is 55.8. The van der Waals surface area contributed by atoms with Crippen LogP contribution in [0.3, 0.4) is 0 Å². The number of rotatable bonds is 4. The number of nitrogens with one attached hydrogen (secondary N) is 1. The Bertz CT molecular complexity index is 2950. The van der Waals surface area contributed by atoms with Crippen LogP contribution in [-0.4, -0.2) is 16.2 Å². The van der Waals surface area contributed by atoms with Gasteiger partial charge in [0.25, 0.3) is 0 Å². The lowest BCUT2D eigenvalue weighted by Gasteiger charge is -2.22. The number of nitrogens with zero attached hydrogens (tertiary/aromatic N) is 3. The number of fused-ring (bicyclic) bond motifs is 9. The first-order chi connectivity index (χ1) is 26.0. The fraction of sp³-hybridized carbons (Fsp3) is 0.0833. The van der Waals surface area contributed by atoms with E-state index in [1.807, 2.05) is 48.5 Å². The molecule has 0 radical (unpaired) electrons. The first-order valence-electron chi connectivity index (χ1n) is 18.2. The van der Waals surface area contributed by atoms with Gasteiger partial charge in [0.05, 0.1) is 11.0 Å². The third-order valence-electron chi connectivity index (χ3n) is 11.3. The normalized spacial score (nSPS) is 15.1. The molecule has 7 aromatic carbocycles. The van der Waals surface area contributed by atoms with Crippen LogP contribution in [0.1, 0.15) is 47.8 Å². The molecule has 252 valence electrons.